The first-order chi connectivity index (χ1) is 13.5. The maximum atomic E-state index is 13.9. The number of hydrogen-bond acceptors (Lipinski definition) is 5. The summed E-state index contributed by atoms with van der Waals surface area (Å²) < 4.78 is 32.5. The molecule has 28 heavy (non-hydrogen) atoms. The van der Waals surface area contributed by atoms with Crippen molar-refractivity contribution in [2.45, 2.75) is 6.54 Å². The lowest BCUT2D eigenvalue weighted by molar-refractivity contribution is 0.410. The van der Waals surface area contributed by atoms with Crippen molar-refractivity contribution in [3.63, 3.8) is 0 Å². The third kappa shape index (κ3) is 5.47. The van der Waals surface area contributed by atoms with Crippen molar-refractivity contribution in [3.05, 3.63) is 78.1 Å². The number of nitrogens with zero attached hydrogens (tertiary/aromatic N) is 4. The first-order valence-corrected chi connectivity index (χ1v) is 8.90. The highest BCUT2D eigenvalue weighted by Gasteiger charge is 2.13. The highest BCUT2D eigenvalue weighted by Crippen LogP contribution is 2.26. The van der Waals surface area contributed by atoms with Crippen LogP contribution in [-0.4, -0.2) is 42.1 Å². The molecule has 146 valence electrons. The third-order valence-corrected chi connectivity index (χ3v) is 4.09. The fraction of sp³-hybridized carbons (Fsp3) is 0.238. The van der Waals surface area contributed by atoms with Gasteiger partial charge in [0, 0.05) is 31.8 Å². The van der Waals surface area contributed by atoms with E-state index < -0.39 is 11.6 Å². The molecule has 0 N–H and O–H groups in total. The van der Waals surface area contributed by atoms with Gasteiger partial charge in [0.15, 0.2) is 11.6 Å². The van der Waals surface area contributed by atoms with E-state index >= 15 is 0 Å². The molecular formula is C21H22F2N4O. The number of ether oxygens (including phenoxy) is 1. The van der Waals surface area contributed by atoms with E-state index in [1.807, 2.05) is 32.3 Å². The van der Waals surface area contributed by atoms with Gasteiger partial charge in [-0.05, 0) is 31.8 Å². The number of benzene rings is 2. The van der Waals surface area contributed by atoms with E-state index in [1.54, 1.807) is 6.07 Å². The Kier molecular flexibility index (Phi) is 6.49. The second-order valence-corrected chi connectivity index (χ2v) is 6.60. The van der Waals surface area contributed by atoms with Crippen LogP contribution in [0.1, 0.15) is 5.56 Å². The Morgan fingerprint density at radius 3 is 2.43 bits per heavy atom. The van der Waals surface area contributed by atoms with Gasteiger partial charge in [-0.2, -0.15) is 0 Å². The summed E-state index contributed by atoms with van der Waals surface area (Å²) in [6.45, 7) is 2.24. The van der Waals surface area contributed by atoms with Crippen LogP contribution in [0.25, 0.3) is 0 Å². The minimum Gasteiger partial charge on any atom is -0.436 e. The number of likely N-dealkylation sites (N-methyl/N-ethyl adjacent to an activating group) is 1. The van der Waals surface area contributed by atoms with Crippen LogP contribution in [0.4, 0.5) is 14.6 Å². The van der Waals surface area contributed by atoms with Gasteiger partial charge in [-0.1, -0.05) is 30.3 Å². The molecule has 0 aliphatic heterocycles. The van der Waals surface area contributed by atoms with E-state index in [2.05, 4.69) is 31.9 Å². The van der Waals surface area contributed by atoms with E-state index in [9.17, 15) is 8.78 Å². The average Bonchev–Trinajstić information content (AvgIpc) is 2.68. The summed E-state index contributed by atoms with van der Waals surface area (Å²) in [5, 5.41) is 0. The van der Waals surface area contributed by atoms with Gasteiger partial charge in [0.2, 0.25) is 5.88 Å². The standard InChI is InChI=1S/C21H22F2N4O/c1-26(2)10-11-27(14-16-6-4-3-5-7-16)20-13-21(25-15-24-20)28-19-9-8-17(22)12-18(19)23/h3-9,12-13,15H,10-11,14H2,1-2H3. The van der Waals surface area contributed by atoms with E-state index in [0.29, 0.717) is 12.4 Å². The molecule has 0 amide bonds. The third-order valence-electron chi connectivity index (χ3n) is 4.09. The summed E-state index contributed by atoms with van der Waals surface area (Å²) in [5.41, 5.74) is 1.15. The molecule has 0 aliphatic carbocycles. The molecule has 0 atom stereocenters. The summed E-state index contributed by atoms with van der Waals surface area (Å²) in [6.07, 6.45) is 1.37. The van der Waals surface area contributed by atoms with Gasteiger partial charge in [-0.25, -0.2) is 18.7 Å². The highest BCUT2D eigenvalue weighted by atomic mass is 19.1. The number of halogens is 2. The van der Waals surface area contributed by atoms with Crippen LogP contribution in [0.2, 0.25) is 0 Å². The van der Waals surface area contributed by atoms with Gasteiger partial charge in [-0.15, -0.1) is 0 Å². The number of anilines is 1. The van der Waals surface area contributed by atoms with Crippen LogP contribution in [0.3, 0.4) is 0 Å². The molecule has 0 saturated heterocycles. The van der Waals surface area contributed by atoms with Crippen LogP contribution in [0, 0.1) is 11.6 Å². The van der Waals surface area contributed by atoms with Gasteiger partial charge in [0.05, 0.1) is 0 Å². The molecule has 0 saturated carbocycles. The van der Waals surface area contributed by atoms with Gasteiger partial charge < -0.3 is 14.5 Å². The monoisotopic (exact) mass is 384 g/mol. The molecule has 0 radical (unpaired) electrons. The predicted octanol–water partition coefficient (Wildman–Crippen LogP) is 4.12. The van der Waals surface area contributed by atoms with E-state index in [0.717, 1.165) is 30.8 Å². The SMILES string of the molecule is CN(C)CCN(Cc1ccccc1)c1cc(Oc2ccc(F)cc2F)ncn1. The Bertz CT molecular complexity index is 906. The molecule has 0 spiro atoms. The van der Waals surface area contributed by atoms with Gasteiger partial charge in [0.1, 0.15) is 18.0 Å². The minimum absolute atomic E-state index is 0.0889. The molecule has 5 nitrogen and oxygen atoms in total. The lowest BCUT2D eigenvalue weighted by atomic mass is 10.2. The van der Waals surface area contributed by atoms with E-state index in [1.165, 1.54) is 12.4 Å². The summed E-state index contributed by atoms with van der Waals surface area (Å²) >= 11 is 0. The molecule has 3 rings (SSSR count). The van der Waals surface area contributed by atoms with E-state index in [-0.39, 0.29) is 11.6 Å². The maximum absolute atomic E-state index is 13.9. The number of rotatable bonds is 8. The summed E-state index contributed by atoms with van der Waals surface area (Å²) in [7, 11) is 4.01. The fourth-order valence-corrected chi connectivity index (χ4v) is 2.63. The summed E-state index contributed by atoms with van der Waals surface area (Å²) in [5.74, 6) is -0.676. The summed E-state index contributed by atoms with van der Waals surface area (Å²) in [6, 6.07) is 14.9. The lowest BCUT2D eigenvalue weighted by Gasteiger charge is -2.25. The fourth-order valence-electron chi connectivity index (χ4n) is 2.63. The molecule has 1 aromatic heterocycles. The molecule has 2 aromatic carbocycles. The normalized spacial score (nSPS) is 10.9. The molecule has 7 heteroatoms. The summed E-state index contributed by atoms with van der Waals surface area (Å²) in [4.78, 5) is 12.6. The largest absolute Gasteiger partial charge is 0.436 e. The lowest BCUT2D eigenvalue weighted by Crippen LogP contribution is -2.32. The van der Waals surface area contributed by atoms with Crippen LogP contribution < -0.4 is 9.64 Å². The van der Waals surface area contributed by atoms with Crippen molar-refractivity contribution in [2.24, 2.45) is 0 Å². The van der Waals surface area contributed by atoms with Gasteiger partial charge >= 0.3 is 0 Å². The molecule has 0 fully saturated rings. The zero-order valence-corrected chi connectivity index (χ0v) is 15.8. The maximum Gasteiger partial charge on any atom is 0.224 e. The van der Waals surface area contributed by atoms with Crippen molar-refractivity contribution in [1.29, 1.82) is 0 Å². The molecule has 1 heterocycles. The van der Waals surface area contributed by atoms with Crippen molar-refractivity contribution < 1.29 is 13.5 Å². The predicted molar refractivity (Wildman–Crippen MR) is 105 cm³/mol. The van der Waals surface area contributed by atoms with Crippen molar-refractivity contribution in [3.8, 4) is 11.6 Å². The molecule has 0 bridgehead atoms. The second kappa shape index (κ2) is 9.23. The van der Waals surface area contributed by atoms with Crippen LogP contribution >= 0.6 is 0 Å². The average molecular weight is 384 g/mol. The minimum atomic E-state index is -0.783. The van der Waals surface area contributed by atoms with Crippen LogP contribution in [-0.2, 0) is 6.54 Å². The highest BCUT2D eigenvalue weighted by molar-refractivity contribution is 5.43. The quantitative estimate of drug-likeness (QED) is 0.585. The topological polar surface area (TPSA) is 41.5 Å². The van der Waals surface area contributed by atoms with Crippen molar-refractivity contribution in [2.75, 3.05) is 32.1 Å². The zero-order valence-electron chi connectivity index (χ0n) is 15.8. The van der Waals surface area contributed by atoms with Crippen LogP contribution in [0.15, 0.2) is 60.9 Å². The Morgan fingerprint density at radius 2 is 1.71 bits per heavy atom. The smallest absolute Gasteiger partial charge is 0.224 e. The van der Waals surface area contributed by atoms with Gasteiger partial charge in [0.25, 0.3) is 0 Å². The van der Waals surface area contributed by atoms with Gasteiger partial charge in [-0.3, -0.25) is 0 Å². The zero-order chi connectivity index (χ0) is 19.9. The van der Waals surface area contributed by atoms with Crippen molar-refractivity contribution >= 4 is 5.82 Å². The molecule has 0 unspecified atom stereocenters. The Labute approximate surface area is 163 Å². The Hall–Kier alpha value is -3.06. The first-order valence-electron chi connectivity index (χ1n) is 8.90. The van der Waals surface area contributed by atoms with E-state index in [4.69, 9.17) is 4.74 Å². The van der Waals surface area contributed by atoms with Crippen molar-refractivity contribution in [1.82, 2.24) is 14.9 Å². The molecular weight excluding hydrogens is 362 g/mol. The molecule has 3 aromatic rings. The molecule has 0 aliphatic rings. The first kappa shape index (κ1) is 19.7. The Balaban J connectivity index is 1.82. The van der Waals surface area contributed by atoms with Crippen LogP contribution in [0.5, 0.6) is 11.6 Å². The Morgan fingerprint density at radius 1 is 0.929 bits per heavy atom. The second-order valence-electron chi connectivity index (χ2n) is 6.60. The number of hydrogen-bond donors (Lipinski definition) is 0. The number of aromatic nitrogens is 2.